The summed E-state index contributed by atoms with van der Waals surface area (Å²) in [6.45, 7) is 0. The standard InChI is InChI=1S/C8H8.C6H6S/c1-2-4-8-6-5-7(8)3-1;7-6-4-2-1-3-5-6/h1-4H,5-6H2;1-5,7H. The Morgan fingerprint density at radius 1 is 0.667 bits per heavy atom. The van der Waals surface area contributed by atoms with Crippen molar-refractivity contribution in [1.29, 1.82) is 0 Å². The molecule has 0 unspecified atom stereocenters. The van der Waals surface area contributed by atoms with Gasteiger partial charge in [-0.25, -0.2) is 0 Å². The highest BCUT2D eigenvalue weighted by Gasteiger charge is 2.09. The maximum atomic E-state index is 4.08. The molecule has 0 saturated carbocycles. The molecule has 76 valence electrons. The zero-order valence-electron chi connectivity index (χ0n) is 8.56. The summed E-state index contributed by atoms with van der Waals surface area (Å²) in [6.07, 6.45) is 2.60. The Morgan fingerprint density at radius 3 is 1.40 bits per heavy atom. The summed E-state index contributed by atoms with van der Waals surface area (Å²) < 4.78 is 0. The second-order valence-corrected chi connectivity index (χ2v) is 4.12. The molecule has 0 aliphatic heterocycles. The number of benzene rings is 2. The normalized spacial score (nSPS) is 11.8. The van der Waals surface area contributed by atoms with Crippen molar-refractivity contribution in [2.45, 2.75) is 17.7 Å². The van der Waals surface area contributed by atoms with E-state index in [1.165, 1.54) is 12.8 Å². The Kier molecular flexibility index (Phi) is 3.46. The monoisotopic (exact) mass is 214 g/mol. The zero-order valence-corrected chi connectivity index (χ0v) is 9.45. The largest absolute Gasteiger partial charge is 0.143 e. The summed E-state index contributed by atoms with van der Waals surface area (Å²) in [7, 11) is 0. The molecule has 2 aromatic carbocycles. The van der Waals surface area contributed by atoms with Crippen molar-refractivity contribution in [2.24, 2.45) is 0 Å². The predicted octanol–water partition coefficient (Wildman–Crippen LogP) is 3.76. The van der Waals surface area contributed by atoms with Gasteiger partial charge in [0.15, 0.2) is 0 Å². The average molecular weight is 214 g/mol. The second kappa shape index (κ2) is 5.04. The number of fused-ring (bicyclic) bond motifs is 1. The van der Waals surface area contributed by atoms with Gasteiger partial charge >= 0.3 is 0 Å². The molecule has 0 heterocycles. The summed E-state index contributed by atoms with van der Waals surface area (Å²) in [5.41, 5.74) is 3.10. The summed E-state index contributed by atoms with van der Waals surface area (Å²) in [6, 6.07) is 18.4. The van der Waals surface area contributed by atoms with E-state index in [0.717, 1.165) is 4.90 Å². The Morgan fingerprint density at radius 2 is 1.13 bits per heavy atom. The quantitative estimate of drug-likeness (QED) is 0.634. The number of rotatable bonds is 0. The van der Waals surface area contributed by atoms with Crippen LogP contribution in [0.25, 0.3) is 0 Å². The third-order valence-electron chi connectivity index (χ3n) is 2.54. The van der Waals surface area contributed by atoms with Gasteiger partial charge < -0.3 is 0 Å². The minimum Gasteiger partial charge on any atom is -0.143 e. The molecule has 1 aliphatic rings. The maximum absolute atomic E-state index is 4.08. The Labute approximate surface area is 96.4 Å². The van der Waals surface area contributed by atoms with Gasteiger partial charge in [0.2, 0.25) is 0 Å². The van der Waals surface area contributed by atoms with E-state index in [1.54, 1.807) is 11.1 Å². The first-order valence-corrected chi connectivity index (χ1v) is 5.62. The van der Waals surface area contributed by atoms with Crippen molar-refractivity contribution in [3.63, 3.8) is 0 Å². The van der Waals surface area contributed by atoms with Crippen LogP contribution in [0.4, 0.5) is 0 Å². The van der Waals surface area contributed by atoms with Crippen molar-refractivity contribution in [2.75, 3.05) is 0 Å². The molecule has 0 spiro atoms. The first-order valence-electron chi connectivity index (χ1n) is 5.17. The summed E-state index contributed by atoms with van der Waals surface area (Å²) in [4.78, 5) is 1.02. The van der Waals surface area contributed by atoms with Crippen LogP contribution in [0.2, 0.25) is 0 Å². The van der Waals surface area contributed by atoms with Crippen LogP contribution in [0.3, 0.4) is 0 Å². The molecule has 0 N–H and O–H groups in total. The minimum absolute atomic E-state index is 1.02. The first kappa shape index (κ1) is 10.3. The number of hydrogen-bond donors (Lipinski definition) is 1. The van der Waals surface area contributed by atoms with Gasteiger partial charge in [-0.3, -0.25) is 0 Å². The molecule has 15 heavy (non-hydrogen) atoms. The predicted molar refractivity (Wildman–Crippen MR) is 67.5 cm³/mol. The highest BCUT2D eigenvalue weighted by molar-refractivity contribution is 7.80. The highest BCUT2D eigenvalue weighted by Crippen LogP contribution is 2.20. The van der Waals surface area contributed by atoms with E-state index in [-0.39, 0.29) is 0 Å². The van der Waals surface area contributed by atoms with Crippen LogP contribution in [0.5, 0.6) is 0 Å². The van der Waals surface area contributed by atoms with Crippen LogP contribution in [-0.4, -0.2) is 0 Å². The Bertz CT molecular complexity index is 397. The summed E-state index contributed by atoms with van der Waals surface area (Å²) in [5.74, 6) is 0. The minimum atomic E-state index is 1.02. The van der Waals surface area contributed by atoms with E-state index in [9.17, 15) is 0 Å². The topological polar surface area (TPSA) is 0 Å². The third kappa shape index (κ3) is 2.87. The lowest BCUT2D eigenvalue weighted by Gasteiger charge is -2.16. The van der Waals surface area contributed by atoms with Gasteiger partial charge in [-0.15, -0.1) is 12.6 Å². The molecular weight excluding hydrogens is 200 g/mol. The first-order chi connectivity index (χ1) is 7.36. The third-order valence-corrected chi connectivity index (χ3v) is 2.84. The van der Waals surface area contributed by atoms with E-state index in [1.807, 2.05) is 30.3 Å². The van der Waals surface area contributed by atoms with E-state index in [2.05, 4.69) is 36.9 Å². The molecule has 1 heteroatoms. The molecule has 0 fully saturated rings. The molecular formula is C14H14S. The average Bonchev–Trinajstić information content (AvgIpc) is 2.22. The van der Waals surface area contributed by atoms with Crippen molar-refractivity contribution in [3.05, 3.63) is 65.7 Å². The smallest absolute Gasteiger partial charge is 0.00399 e. The fourth-order valence-corrected chi connectivity index (χ4v) is 1.74. The lowest BCUT2D eigenvalue weighted by Crippen LogP contribution is -2.06. The van der Waals surface area contributed by atoms with Crippen molar-refractivity contribution >= 4 is 12.6 Å². The number of hydrogen-bond acceptors (Lipinski definition) is 1. The van der Waals surface area contributed by atoms with Crippen LogP contribution in [0.15, 0.2) is 59.5 Å². The van der Waals surface area contributed by atoms with E-state index in [4.69, 9.17) is 0 Å². The van der Waals surface area contributed by atoms with Crippen LogP contribution in [0, 0.1) is 0 Å². The maximum Gasteiger partial charge on any atom is 0.00399 e. The molecule has 0 bridgehead atoms. The van der Waals surface area contributed by atoms with Gasteiger partial charge in [0.25, 0.3) is 0 Å². The van der Waals surface area contributed by atoms with E-state index in [0.29, 0.717) is 0 Å². The SMILES string of the molecule is Sc1ccccc1.c1ccc2c(c1)CC2. The Balaban J connectivity index is 0.000000115. The van der Waals surface area contributed by atoms with E-state index < -0.39 is 0 Å². The van der Waals surface area contributed by atoms with Crippen molar-refractivity contribution < 1.29 is 0 Å². The number of aryl methyl sites for hydroxylation is 2. The van der Waals surface area contributed by atoms with Gasteiger partial charge in [-0.2, -0.15) is 0 Å². The fraction of sp³-hybridized carbons (Fsp3) is 0.143. The lowest BCUT2D eigenvalue weighted by atomic mass is 9.89. The second-order valence-electron chi connectivity index (χ2n) is 3.60. The molecule has 1 aliphatic carbocycles. The van der Waals surface area contributed by atoms with Gasteiger partial charge in [-0.1, -0.05) is 42.5 Å². The van der Waals surface area contributed by atoms with Crippen LogP contribution < -0.4 is 0 Å². The molecule has 3 rings (SSSR count). The summed E-state index contributed by atoms with van der Waals surface area (Å²) >= 11 is 4.08. The van der Waals surface area contributed by atoms with Crippen LogP contribution >= 0.6 is 12.6 Å². The molecule has 2 aromatic rings. The van der Waals surface area contributed by atoms with E-state index >= 15 is 0 Å². The summed E-state index contributed by atoms with van der Waals surface area (Å²) in [5, 5.41) is 0. The molecule has 0 amide bonds. The fourth-order valence-electron chi connectivity index (χ4n) is 1.57. The molecule has 0 nitrogen and oxygen atoms in total. The number of thiol groups is 1. The van der Waals surface area contributed by atoms with Gasteiger partial charge in [-0.05, 0) is 36.1 Å². The molecule has 0 radical (unpaired) electrons. The highest BCUT2D eigenvalue weighted by atomic mass is 32.1. The molecule has 0 saturated heterocycles. The van der Waals surface area contributed by atoms with Gasteiger partial charge in [0.05, 0.1) is 0 Å². The zero-order chi connectivity index (χ0) is 10.5. The van der Waals surface area contributed by atoms with Crippen molar-refractivity contribution in [3.8, 4) is 0 Å². The van der Waals surface area contributed by atoms with Gasteiger partial charge in [0.1, 0.15) is 0 Å². The molecule has 0 atom stereocenters. The van der Waals surface area contributed by atoms with Gasteiger partial charge in [0, 0.05) is 4.90 Å². The lowest BCUT2D eigenvalue weighted by molar-refractivity contribution is 0.839. The van der Waals surface area contributed by atoms with Crippen LogP contribution in [0.1, 0.15) is 11.1 Å². The van der Waals surface area contributed by atoms with Crippen molar-refractivity contribution in [1.82, 2.24) is 0 Å². The Hall–Kier alpha value is -1.21. The molecule has 0 aromatic heterocycles. The van der Waals surface area contributed by atoms with Crippen LogP contribution in [-0.2, 0) is 12.8 Å².